The van der Waals surface area contributed by atoms with E-state index in [0.29, 0.717) is 5.69 Å². The van der Waals surface area contributed by atoms with Crippen molar-refractivity contribution < 1.29 is 8.42 Å². The van der Waals surface area contributed by atoms with Crippen LogP contribution in [0.25, 0.3) is 0 Å². The molecule has 2 aromatic rings. The minimum Gasteiger partial charge on any atom is -0.289 e. The highest BCUT2D eigenvalue weighted by atomic mass is 32.2. The Morgan fingerprint density at radius 2 is 1.67 bits per heavy atom. The van der Waals surface area contributed by atoms with E-state index in [9.17, 15) is 13.2 Å². The van der Waals surface area contributed by atoms with Gasteiger partial charge in [-0.15, -0.1) is 0 Å². The van der Waals surface area contributed by atoms with E-state index in [1.165, 1.54) is 10.7 Å². The van der Waals surface area contributed by atoms with E-state index in [2.05, 4.69) is 0 Å². The van der Waals surface area contributed by atoms with Gasteiger partial charge in [0.25, 0.3) is 5.56 Å². The zero-order valence-electron chi connectivity index (χ0n) is 10.2. The Morgan fingerprint density at radius 3 is 2.17 bits per heavy atom. The fourth-order valence-corrected chi connectivity index (χ4v) is 3.11. The molecule has 0 spiro atoms. The van der Waals surface area contributed by atoms with E-state index in [-0.39, 0.29) is 16.2 Å². The first-order chi connectivity index (χ1) is 8.42. The summed E-state index contributed by atoms with van der Waals surface area (Å²) in [6.07, 6.45) is 0. The van der Waals surface area contributed by atoms with Gasteiger partial charge in [0, 0.05) is 20.2 Å². The summed E-state index contributed by atoms with van der Waals surface area (Å²) < 4.78 is 27.2. The average molecular weight is 266 g/mol. The number of aromatic nitrogens is 2. The molecular weight excluding hydrogens is 252 g/mol. The van der Waals surface area contributed by atoms with Gasteiger partial charge < -0.3 is 0 Å². The lowest BCUT2D eigenvalue weighted by atomic mass is 10.4. The van der Waals surface area contributed by atoms with Crippen LogP contribution >= 0.6 is 0 Å². The Morgan fingerprint density at radius 1 is 1.06 bits per heavy atom. The lowest BCUT2D eigenvalue weighted by Gasteiger charge is -2.07. The van der Waals surface area contributed by atoms with E-state index in [1.807, 2.05) is 0 Å². The molecule has 5 nitrogen and oxygen atoms in total. The number of nitrogens with zero attached hydrogens (tertiary/aromatic N) is 2. The molecule has 0 fully saturated rings. The smallest absolute Gasteiger partial charge is 0.266 e. The van der Waals surface area contributed by atoms with Crippen molar-refractivity contribution in [3.05, 3.63) is 52.4 Å². The molecule has 6 heteroatoms. The summed E-state index contributed by atoms with van der Waals surface area (Å²) in [5.74, 6) is -0.177. The fourth-order valence-electron chi connectivity index (χ4n) is 1.71. The summed E-state index contributed by atoms with van der Waals surface area (Å²) >= 11 is 0. The second-order valence-corrected chi connectivity index (χ2v) is 6.08. The fraction of sp³-hybridized carbons (Fsp3) is 0.250. The normalized spacial score (nSPS) is 11.7. The predicted molar refractivity (Wildman–Crippen MR) is 68.0 cm³/mol. The van der Waals surface area contributed by atoms with Gasteiger partial charge in [-0.2, -0.15) is 0 Å². The van der Waals surface area contributed by atoms with Crippen LogP contribution in [0.2, 0.25) is 0 Å². The third-order valence-corrected chi connectivity index (χ3v) is 4.58. The highest BCUT2D eigenvalue weighted by Gasteiger charge is 2.18. The molecule has 0 saturated heterocycles. The van der Waals surface area contributed by atoms with Crippen LogP contribution in [-0.2, 0) is 29.7 Å². The molecule has 0 aliphatic heterocycles. The Labute approximate surface area is 105 Å². The molecule has 0 bridgehead atoms. The summed E-state index contributed by atoms with van der Waals surface area (Å²) in [6.45, 7) is 0. The molecule has 0 saturated carbocycles. The second-order valence-electron chi connectivity index (χ2n) is 4.09. The zero-order valence-corrected chi connectivity index (χ0v) is 11.0. The van der Waals surface area contributed by atoms with Crippen molar-refractivity contribution in [1.29, 1.82) is 0 Å². The second kappa shape index (κ2) is 4.45. The highest BCUT2D eigenvalue weighted by Crippen LogP contribution is 2.14. The van der Waals surface area contributed by atoms with Gasteiger partial charge in [0.15, 0.2) is 9.84 Å². The van der Waals surface area contributed by atoms with E-state index in [4.69, 9.17) is 0 Å². The van der Waals surface area contributed by atoms with Crippen LogP contribution < -0.4 is 5.56 Å². The maximum atomic E-state index is 12.1. The molecule has 0 aliphatic carbocycles. The molecule has 0 N–H and O–H groups in total. The summed E-state index contributed by atoms with van der Waals surface area (Å²) in [6, 6.07) is 9.57. The first kappa shape index (κ1) is 12.6. The van der Waals surface area contributed by atoms with Gasteiger partial charge in [0.2, 0.25) is 0 Å². The minimum absolute atomic E-state index is 0.177. The lowest BCUT2D eigenvalue weighted by molar-refractivity contribution is 0.557. The molecule has 18 heavy (non-hydrogen) atoms. The Hall–Kier alpha value is -1.82. The summed E-state index contributed by atoms with van der Waals surface area (Å²) in [4.78, 5) is 11.7. The van der Waals surface area contributed by atoms with E-state index in [0.717, 1.165) is 0 Å². The van der Waals surface area contributed by atoms with Crippen molar-refractivity contribution in [3.63, 3.8) is 0 Å². The molecule has 0 amide bonds. The third-order valence-electron chi connectivity index (χ3n) is 2.91. The molecule has 96 valence electrons. The van der Waals surface area contributed by atoms with Gasteiger partial charge in [0.05, 0.1) is 16.3 Å². The number of hydrogen-bond donors (Lipinski definition) is 0. The highest BCUT2D eigenvalue weighted by molar-refractivity contribution is 7.90. The van der Waals surface area contributed by atoms with Crippen LogP contribution in [0.1, 0.15) is 5.69 Å². The van der Waals surface area contributed by atoms with Gasteiger partial charge in [0.1, 0.15) is 0 Å². The van der Waals surface area contributed by atoms with Crippen LogP contribution in [0.15, 0.2) is 46.1 Å². The van der Waals surface area contributed by atoms with E-state index < -0.39 is 9.84 Å². The van der Waals surface area contributed by atoms with Crippen LogP contribution in [0, 0.1) is 0 Å². The Kier molecular flexibility index (Phi) is 3.13. The largest absolute Gasteiger partial charge is 0.289 e. The van der Waals surface area contributed by atoms with Crippen molar-refractivity contribution in [3.8, 4) is 0 Å². The van der Waals surface area contributed by atoms with Gasteiger partial charge in [-0.25, -0.2) is 8.42 Å². The maximum Gasteiger partial charge on any atom is 0.266 e. The molecule has 1 aromatic heterocycles. The molecule has 0 atom stereocenters. The first-order valence-electron chi connectivity index (χ1n) is 5.41. The molecule has 0 aliphatic rings. The number of sulfone groups is 1. The molecule has 1 aromatic carbocycles. The van der Waals surface area contributed by atoms with Gasteiger partial charge in [-0.1, -0.05) is 18.2 Å². The van der Waals surface area contributed by atoms with Crippen molar-refractivity contribution in [2.45, 2.75) is 10.6 Å². The molecule has 2 rings (SSSR count). The van der Waals surface area contributed by atoms with Crippen molar-refractivity contribution >= 4 is 9.84 Å². The topological polar surface area (TPSA) is 61.1 Å². The Balaban J connectivity index is 2.40. The lowest BCUT2D eigenvalue weighted by Crippen LogP contribution is -2.17. The molecular formula is C12H14N2O3S. The van der Waals surface area contributed by atoms with E-state index >= 15 is 0 Å². The maximum absolute atomic E-state index is 12.1. The number of benzene rings is 1. The number of rotatable bonds is 3. The monoisotopic (exact) mass is 266 g/mol. The molecule has 1 heterocycles. The van der Waals surface area contributed by atoms with Crippen LogP contribution in [-0.4, -0.2) is 17.8 Å². The molecule has 0 unspecified atom stereocenters. The van der Waals surface area contributed by atoms with Crippen molar-refractivity contribution in [2.24, 2.45) is 14.1 Å². The quantitative estimate of drug-likeness (QED) is 0.821. The first-order valence-corrected chi connectivity index (χ1v) is 7.07. The van der Waals surface area contributed by atoms with Gasteiger partial charge in [-0.05, 0) is 12.1 Å². The standard InChI is InChI=1S/C12H14N2O3S/c1-13-10(8-12(15)14(13)2)9-18(16,17)11-6-4-3-5-7-11/h3-8H,9H2,1-2H3. The SMILES string of the molecule is Cn1c(CS(=O)(=O)c2ccccc2)cc(=O)n1C. The third kappa shape index (κ3) is 2.24. The molecule has 0 radical (unpaired) electrons. The average Bonchev–Trinajstić information content (AvgIpc) is 2.58. The zero-order chi connectivity index (χ0) is 13.3. The van der Waals surface area contributed by atoms with Crippen LogP contribution in [0.4, 0.5) is 0 Å². The van der Waals surface area contributed by atoms with Crippen LogP contribution in [0.3, 0.4) is 0 Å². The Bertz CT molecular complexity index is 712. The van der Waals surface area contributed by atoms with Gasteiger partial charge >= 0.3 is 0 Å². The van der Waals surface area contributed by atoms with Crippen LogP contribution in [0.5, 0.6) is 0 Å². The summed E-state index contributed by atoms with van der Waals surface area (Å²) in [5.41, 5.74) is 0.266. The number of hydrogen-bond acceptors (Lipinski definition) is 3. The minimum atomic E-state index is -3.41. The summed E-state index contributed by atoms with van der Waals surface area (Å²) in [5, 5.41) is 0. The van der Waals surface area contributed by atoms with Gasteiger partial charge in [-0.3, -0.25) is 14.2 Å². The predicted octanol–water partition coefficient (Wildman–Crippen LogP) is 0.698. The summed E-state index contributed by atoms with van der Waals surface area (Å²) in [7, 11) is -0.150. The van der Waals surface area contributed by atoms with E-state index in [1.54, 1.807) is 49.1 Å². The van der Waals surface area contributed by atoms with Crippen molar-refractivity contribution in [2.75, 3.05) is 0 Å². The van der Waals surface area contributed by atoms with Crippen molar-refractivity contribution in [1.82, 2.24) is 9.36 Å².